The first-order valence-electron chi connectivity index (χ1n) is 7.30. The molecule has 0 atom stereocenters. The number of benzene rings is 2. The Bertz CT molecular complexity index is 922. The maximum absolute atomic E-state index is 12.4. The lowest BCUT2D eigenvalue weighted by Crippen LogP contribution is -2.24. The van der Waals surface area contributed by atoms with Gasteiger partial charge in [-0.3, -0.25) is 19.4 Å². The van der Waals surface area contributed by atoms with E-state index in [9.17, 15) is 9.59 Å². The molecule has 1 aromatic heterocycles. The van der Waals surface area contributed by atoms with Crippen LogP contribution in [0.2, 0.25) is 0 Å². The molecule has 0 fully saturated rings. The van der Waals surface area contributed by atoms with Gasteiger partial charge in [0, 0.05) is 5.56 Å². The van der Waals surface area contributed by atoms with E-state index in [2.05, 4.69) is 4.98 Å². The molecule has 0 saturated carbocycles. The molecule has 0 saturated heterocycles. The highest BCUT2D eigenvalue weighted by Gasteiger charge is 2.09. The van der Waals surface area contributed by atoms with Gasteiger partial charge in [-0.15, -0.1) is 0 Å². The summed E-state index contributed by atoms with van der Waals surface area (Å²) < 4.78 is 7.03. The molecule has 3 rings (SSSR count). The van der Waals surface area contributed by atoms with Crippen LogP contribution in [0.5, 0.6) is 5.75 Å². The van der Waals surface area contributed by atoms with Crippen molar-refractivity contribution in [2.45, 2.75) is 6.54 Å². The topological polar surface area (TPSA) is 93.5 Å². The van der Waals surface area contributed by atoms with Crippen LogP contribution in [-0.4, -0.2) is 27.3 Å². The fraction of sp³-hybridized carbons (Fsp3) is 0.118. The Balaban J connectivity index is 1.78. The molecule has 0 aliphatic rings. The van der Waals surface area contributed by atoms with Crippen LogP contribution in [0.15, 0.2) is 59.7 Å². The molecule has 122 valence electrons. The molecule has 2 aromatic carbocycles. The summed E-state index contributed by atoms with van der Waals surface area (Å²) in [5.41, 5.74) is 1.95. The number of carbonyl (C=O) groups is 1. The van der Waals surface area contributed by atoms with Crippen molar-refractivity contribution in [3.05, 3.63) is 70.8 Å². The molecule has 0 aliphatic heterocycles. The molecule has 7 nitrogen and oxygen atoms in total. The highest BCUT2D eigenvalue weighted by atomic mass is 16.5. The van der Waals surface area contributed by atoms with Crippen LogP contribution in [0, 0.1) is 0 Å². The predicted molar refractivity (Wildman–Crippen MR) is 87.2 cm³/mol. The van der Waals surface area contributed by atoms with Crippen molar-refractivity contribution >= 4 is 16.8 Å². The number of carbonyl (C=O) groups excluding carboxylic acids is 1. The van der Waals surface area contributed by atoms with Gasteiger partial charge in [-0.25, -0.2) is 10.5 Å². The zero-order valence-electron chi connectivity index (χ0n) is 12.7. The van der Waals surface area contributed by atoms with Gasteiger partial charge in [0.05, 0.1) is 23.8 Å². The minimum absolute atomic E-state index is 0.215. The Morgan fingerprint density at radius 1 is 1.21 bits per heavy atom. The average Bonchev–Trinajstić information content (AvgIpc) is 2.63. The zero-order valence-corrected chi connectivity index (χ0v) is 12.7. The molecule has 1 amide bonds. The van der Waals surface area contributed by atoms with E-state index in [1.54, 1.807) is 5.48 Å². The first kappa shape index (κ1) is 15.7. The van der Waals surface area contributed by atoms with Gasteiger partial charge in [0.25, 0.3) is 11.5 Å². The first-order valence-corrected chi connectivity index (χ1v) is 7.30. The summed E-state index contributed by atoms with van der Waals surface area (Å²) in [5.74, 6) is 0.0816. The molecule has 0 bridgehead atoms. The number of hydrogen-bond acceptors (Lipinski definition) is 5. The van der Waals surface area contributed by atoms with Gasteiger partial charge in [0.2, 0.25) is 0 Å². The zero-order chi connectivity index (χ0) is 16.9. The standard InChI is InChI=1S/C17H15N3O4/c21-16(19-23)12-6-7-14-15(10-12)18-11-20(17(14)22)8-9-24-13-4-2-1-3-5-13/h1-7,10-11,23H,8-9H2,(H,19,21). The second kappa shape index (κ2) is 6.93. The molecule has 2 N–H and O–H groups in total. The lowest BCUT2D eigenvalue weighted by atomic mass is 10.1. The summed E-state index contributed by atoms with van der Waals surface area (Å²) >= 11 is 0. The van der Waals surface area contributed by atoms with E-state index in [-0.39, 0.29) is 11.1 Å². The molecular formula is C17H15N3O4. The Morgan fingerprint density at radius 3 is 2.75 bits per heavy atom. The van der Waals surface area contributed by atoms with E-state index >= 15 is 0 Å². The maximum Gasteiger partial charge on any atom is 0.274 e. The number of para-hydroxylation sites is 1. The van der Waals surface area contributed by atoms with Gasteiger partial charge in [-0.2, -0.15) is 0 Å². The third kappa shape index (κ3) is 3.26. The molecule has 0 spiro atoms. The minimum Gasteiger partial charge on any atom is -0.492 e. The third-order valence-corrected chi connectivity index (χ3v) is 3.53. The van der Waals surface area contributed by atoms with Gasteiger partial charge in [0.1, 0.15) is 12.4 Å². The average molecular weight is 325 g/mol. The van der Waals surface area contributed by atoms with Gasteiger partial charge in [0.15, 0.2) is 0 Å². The van der Waals surface area contributed by atoms with Gasteiger partial charge in [-0.05, 0) is 30.3 Å². The normalized spacial score (nSPS) is 10.5. The number of nitrogens with one attached hydrogen (secondary N) is 1. The van der Waals surface area contributed by atoms with Crippen molar-refractivity contribution < 1.29 is 14.7 Å². The van der Waals surface area contributed by atoms with E-state index in [1.165, 1.54) is 29.1 Å². The quantitative estimate of drug-likeness (QED) is 0.549. The fourth-order valence-electron chi connectivity index (χ4n) is 2.30. The van der Waals surface area contributed by atoms with E-state index in [1.807, 2.05) is 30.3 Å². The van der Waals surface area contributed by atoms with Gasteiger partial charge < -0.3 is 4.74 Å². The summed E-state index contributed by atoms with van der Waals surface area (Å²) in [7, 11) is 0. The fourth-order valence-corrected chi connectivity index (χ4v) is 2.30. The highest BCUT2D eigenvalue weighted by Crippen LogP contribution is 2.11. The van der Waals surface area contributed by atoms with Crippen LogP contribution in [0.4, 0.5) is 0 Å². The van der Waals surface area contributed by atoms with Crippen molar-refractivity contribution in [3.63, 3.8) is 0 Å². The summed E-state index contributed by atoms with van der Waals surface area (Å²) in [5, 5.41) is 9.05. The van der Waals surface area contributed by atoms with Crippen molar-refractivity contribution in [3.8, 4) is 5.75 Å². The van der Waals surface area contributed by atoms with Crippen LogP contribution in [0.1, 0.15) is 10.4 Å². The number of amides is 1. The van der Waals surface area contributed by atoms with Crippen molar-refractivity contribution in [2.24, 2.45) is 0 Å². The van der Waals surface area contributed by atoms with E-state index in [4.69, 9.17) is 9.94 Å². The molecule has 24 heavy (non-hydrogen) atoms. The van der Waals surface area contributed by atoms with Crippen LogP contribution >= 0.6 is 0 Å². The maximum atomic E-state index is 12.4. The Labute approximate surface area is 137 Å². The summed E-state index contributed by atoms with van der Waals surface area (Å²) in [6, 6.07) is 13.8. The minimum atomic E-state index is -0.654. The predicted octanol–water partition coefficient (Wildman–Crippen LogP) is 1.59. The lowest BCUT2D eigenvalue weighted by Gasteiger charge is -2.09. The van der Waals surface area contributed by atoms with E-state index in [0.29, 0.717) is 24.1 Å². The van der Waals surface area contributed by atoms with Crippen molar-refractivity contribution in [2.75, 3.05) is 6.61 Å². The Kier molecular flexibility index (Phi) is 4.53. The molecule has 3 aromatic rings. The summed E-state index contributed by atoms with van der Waals surface area (Å²) in [6.45, 7) is 0.692. The molecular weight excluding hydrogens is 310 g/mol. The summed E-state index contributed by atoms with van der Waals surface area (Å²) in [6.07, 6.45) is 1.42. The molecule has 0 unspecified atom stereocenters. The van der Waals surface area contributed by atoms with Crippen molar-refractivity contribution in [1.82, 2.24) is 15.0 Å². The number of fused-ring (bicyclic) bond motifs is 1. The van der Waals surface area contributed by atoms with Crippen LogP contribution in [0.3, 0.4) is 0 Å². The number of rotatable bonds is 5. The number of hydrogen-bond donors (Lipinski definition) is 2. The van der Waals surface area contributed by atoms with Crippen molar-refractivity contribution in [1.29, 1.82) is 0 Å². The van der Waals surface area contributed by atoms with Crippen LogP contribution < -0.4 is 15.8 Å². The smallest absolute Gasteiger partial charge is 0.274 e. The molecule has 1 heterocycles. The van der Waals surface area contributed by atoms with Gasteiger partial charge in [-0.1, -0.05) is 18.2 Å². The molecule has 7 heteroatoms. The number of hydroxylamine groups is 1. The first-order chi connectivity index (χ1) is 11.7. The highest BCUT2D eigenvalue weighted by molar-refractivity contribution is 5.96. The van der Waals surface area contributed by atoms with Crippen LogP contribution in [0.25, 0.3) is 10.9 Å². The SMILES string of the molecule is O=C(NO)c1ccc2c(=O)n(CCOc3ccccc3)cnc2c1. The monoisotopic (exact) mass is 325 g/mol. The Hall–Kier alpha value is -3.19. The number of aromatic nitrogens is 2. The number of ether oxygens (including phenoxy) is 1. The second-order valence-electron chi connectivity index (χ2n) is 5.08. The third-order valence-electron chi connectivity index (χ3n) is 3.53. The van der Waals surface area contributed by atoms with E-state index < -0.39 is 5.91 Å². The van der Waals surface area contributed by atoms with E-state index in [0.717, 1.165) is 5.75 Å². The lowest BCUT2D eigenvalue weighted by molar-refractivity contribution is 0.0706. The summed E-state index contributed by atoms with van der Waals surface area (Å²) in [4.78, 5) is 28.0. The van der Waals surface area contributed by atoms with Crippen LogP contribution in [-0.2, 0) is 6.54 Å². The number of nitrogens with zero attached hydrogens (tertiary/aromatic N) is 2. The Morgan fingerprint density at radius 2 is 2.00 bits per heavy atom. The molecule has 0 radical (unpaired) electrons. The second-order valence-corrected chi connectivity index (χ2v) is 5.08. The van der Waals surface area contributed by atoms with Gasteiger partial charge >= 0.3 is 0 Å². The molecule has 0 aliphatic carbocycles. The largest absolute Gasteiger partial charge is 0.492 e.